The molecule has 53 heavy (non-hydrogen) atoms. The summed E-state index contributed by atoms with van der Waals surface area (Å²) in [6, 6.07) is -8.57. The van der Waals surface area contributed by atoms with Crippen molar-refractivity contribution in [3.05, 3.63) is 0 Å². The molecule has 9 N–H and O–H groups in total. The fourth-order valence-corrected chi connectivity index (χ4v) is 6.42. The minimum atomic E-state index is -1.71. The molecule has 2 fully saturated rings. The van der Waals surface area contributed by atoms with Crippen molar-refractivity contribution < 1.29 is 58.5 Å². The molecule has 19 heteroatoms. The van der Waals surface area contributed by atoms with E-state index in [2.05, 4.69) is 21.3 Å². The highest BCUT2D eigenvalue weighted by molar-refractivity contribution is 5.98. The van der Waals surface area contributed by atoms with E-state index in [1.54, 1.807) is 27.7 Å². The molecule has 298 valence electrons. The van der Waals surface area contributed by atoms with Crippen LogP contribution in [0.4, 0.5) is 0 Å². The van der Waals surface area contributed by atoms with Crippen LogP contribution in [-0.4, -0.2) is 134 Å². The predicted octanol–water partition coefficient (Wildman–Crippen LogP) is -1.37. The molecule has 0 bridgehead atoms. The summed E-state index contributed by atoms with van der Waals surface area (Å²) < 4.78 is 0. The van der Waals surface area contributed by atoms with Crippen molar-refractivity contribution in [2.24, 2.45) is 23.5 Å². The topological polar surface area (TPSA) is 295 Å². The summed E-state index contributed by atoms with van der Waals surface area (Å²) in [5.41, 5.74) is 5.68. The fourth-order valence-electron chi connectivity index (χ4n) is 6.42. The Bertz CT molecular complexity index is 1400. The Hall–Kier alpha value is -4.81. The maximum atomic E-state index is 13.9. The molecule has 2 saturated heterocycles. The first-order chi connectivity index (χ1) is 24.7. The summed E-state index contributed by atoms with van der Waals surface area (Å²) in [6.45, 7) is 10.7. The molecule has 19 nitrogen and oxygen atoms in total. The quantitative estimate of drug-likeness (QED) is 0.0756. The molecule has 0 aromatic heterocycles. The maximum Gasteiger partial charge on any atom is 0.326 e. The summed E-state index contributed by atoms with van der Waals surface area (Å²) in [5, 5.41) is 37.6. The van der Waals surface area contributed by atoms with Crippen LogP contribution in [0.2, 0.25) is 0 Å². The third kappa shape index (κ3) is 12.7. The van der Waals surface area contributed by atoms with Gasteiger partial charge in [0.25, 0.3) is 0 Å². The van der Waals surface area contributed by atoms with E-state index >= 15 is 0 Å². The predicted molar refractivity (Wildman–Crippen MR) is 186 cm³/mol. The Morgan fingerprint density at radius 3 is 1.57 bits per heavy atom. The number of nitrogens with two attached hydrogens (primary N) is 1. The number of carboxylic acid groups (broad SMARTS) is 3. The van der Waals surface area contributed by atoms with E-state index in [4.69, 9.17) is 15.9 Å². The van der Waals surface area contributed by atoms with Gasteiger partial charge < -0.3 is 52.1 Å². The molecule has 2 aliphatic rings. The summed E-state index contributed by atoms with van der Waals surface area (Å²) >= 11 is 0. The maximum absolute atomic E-state index is 13.9. The van der Waals surface area contributed by atoms with Gasteiger partial charge in [0.05, 0.1) is 18.9 Å². The zero-order valence-electron chi connectivity index (χ0n) is 31.1. The minimum absolute atomic E-state index is 0.107. The van der Waals surface area contributed by atoms with Crippen LogP contribution in [-0.2, 0) is 43.2 Å². The monoisotopic (exact) mass is 753 g/mol. The highest BCUT2D eigenvalue weighted by atomic mass is 16.4. The number of hydrogen-bond donors (Lipinski definition) is 8. The Morgan fingerprint density at radius 2 is 1.11 bits per heavy atom. The van der Waals surface area contributed by atoms with Gasteiger partial charge in [-0.1, -0.05) is 41.5 Å². The number of carbonyl (C=O) groups excluding carboxylic acids is 6. The number of hydrogen-bond acceptors (Lipinski definition) is 10. The summed E-state index contributed by atoms with van der Waals surface area (Å²) in [7, 11) is 0. The van der Waals surface area contributed by atoms with Crippen LogP contribution in [0.5, 0.6) is 0 Å². The lowest BCUT2D eigenvalue weighted by Crippen LogP contribution is -2.61. The number of carboxylic acids is 3. The van der Waals surface area contributed by atoms with Gasteiger partial charge in [0, 0.05) is 13.1 Å². The van der Waals surface area contributed by atoms with E-state index in [9.17, 15) is 48.3 Å². The molecule has 0 aromatic carbocycles. The normalized spacial score (nSPS) is 20.0. The van der Waals surface area contributed by atoms with Gasteiger partial charge in [-0.05, 0) is 49.9 Å². The van der Waals surface area contributed by atoms with Crippen molar-refractivity contribution in [2.45, 2.75) is 129 Å². The number of aliphatic carboxylic acids is 3. The fraction of sp³-hybridized carbons (Fsp3) is 0.735. The van der Waals surface area contributed by atoms with E-state index < -0.39 is 120 Å². The smallest absolute Gasteiger partial charge is 0.326 e. The van der Waals surface area contributed by atoms with Gasteiger partial charge >= 0.3 is 17.9 Å². The highest BCUT2D eigenvalue weighted by Gasteiger charge is 2.42. The Kier molecular flexibility index (Phi) is 16.6. The van der Waals surface area contributed by atoms with Crippen molar-refractivity contribution in [3.63, 3.8) is 0 Å². The molecule has 0 aliphatic carbocycles. The number of likely N-dealkylation sites (tertiary alicyclic amines) is 2. The van der Waals surface area contributed by atoms with Gasteiger partial charge in [-0.2, -0.15) is 0 Å². The van der Waals surface area contributed by atoms with Crippen LogP contribution in [0.3, 0.4) is 0 Å². The van der Waals surface area contributed by atoms with Crippen LogP contribution in [0, 0.1) is 17.8 Å². The lowest BCUT2D eigenvalue weighted by atomic mass is 9.98. The van der Waals surface area contributed by atoms with Crippen LogP contribution in [0.1, 0.15) is 86.5 Å². The second-order valence-corrected chi connectivity index (χ2v) is 14.7. The molecule has 2 heterocycles. The van der Waals surface area contributed by atoms with E-state index in [1.165, 1.54) is 9.80 Å². The largest absolute Gasteiger partial charge is 0.481 e. The van der Waals surface area contributed by atoms with Gasteiger partial charge in [0.1, 0.15) is 36.3 Å². The number of nitrogens with zero attached hydrogens (tertiary/aromatic N) is 2. The first kappa shape index (κ1) is 44.4. The van der Waals surface area contributed by atoms with Crippen LogP contribution in [0.25, 0.3) is 0 Å². The van der Waals surface area contributed by atoms with Gasteiger partial charge in [-0.3, -0.25) is 38.4 Å². The van der Waals surface area contributed by atoms with Gasteiger partial charge in [-0.15, -0.1) is 0 Å². The van der Waals surface area contributed by atoms with Crippen LogP contribution >= 0.6 is 0 Å². The molecule has 2 rings (SSSR count). The highest BCUT2D eigenvalue weighted by Crippen LogP contribution is 2.23. The lowest BCUT2D eigenvalue weighted by Gasteiger charge is -2.33. The van der Waals surface area contributed by atoms with Crippen molar-refractivity contribution in [1.29, 1.82) is 0 Å². The van der Waals surface area contributed by atoms with Crippen LogP contribution in [0.15, 0.2) is 0 Å². The molecule has 6 amide bonds. The molecular weight excluding hydrogens is 698 g/mol. The van der Waals surface area contributed by atoms with Gasteiger partial charge in [0.2, 0.25) is 35.4 Å². The molecule has 0 aromatic rings. The molecule has 0 saturated carbocycles. The molecule has 2 aliphatic heterocycles. The molecular formula is C34H55N7O12. The average Bonchev–Trinajstić information content (AvgIpc) is 3.74. The first-order valence-corrected chi connectivity index (χ1v) is 17.9. The summed E-state index contributed by atoms with van der Waals surface area (Å²) in [5.74, 6) is -9.42. The Morgan fingerprint density at radius 1 is 0.623 bits per heavy atom. The first-order valence-electron chi connectivity index (χ1n) is 17.9. The number of nitrogens with one attached hydrogen (secondary N) is 4. The molecule has 0 unspecified atom stereocenters. The Balaban J connectivity index is 2.22. The zero-order chi connectivity index (χ0) is 40.3. The molecule has 0 spiro atoms. The Labute approximate surface area is 308 Å². The summed E-state index contributed by atoms with van der Waals surface area (Å²) in [6.07, 6.45) is -0.0211. The third-order valence-electron chi connectivity index (χ3n) is 9.20. The molecule has 0 radical (unpaired) electrons. The SMILES string of the molecule is CC(C)C[C@H](NC(=O)[C@@H](NC(=O)[C@@H]1CCCN1C(=O)[C@@H](NC(=O)[C@@H](N)CC(=O)O)C(C)C)C(C)C)C(=O)N1CCC[C@H]1C(=O)N[C@@H](CC(=O)O)C(=O)O. The second-order valence-electron chi connectivity index (χ2n) is 14.7. The number of rotatable bonds is 19. The van der Waals surface area contributed by atoms with Crippen molar-refractivity contribution in [2.75, 3.05) is 13.1 Å². The van der Waals surface area contributed by atoms with E-state index in [0.29, 0.717) is 12.8 Å². The zero-order valence-corrected chi connectivity index (χ0v) is 31.1. The number of carbonyl (C=O) groups is 9. The molecule has 7 atom stereocenters. The van der Waals surface area contributed by atoms with Crippen LogP contribution < -0.4 is 27.0 Å². The standard InChI is InChI=1S/C34H55N7O12/c1-16(2)13-20(32(50)40-11-7-9-22(40)29(47)37-21(34(52)53)15-25(44)45)36-31(49)26(17(3)4)38-30(48)23-10-8-12-41(23)33(51)27(18(5)6)39-28(46)19(35)14-24(42)43/h16-23,26-27H,7-15,35H2,1-6H3,(H,36,49)(H,37,47)(H,38,48)(H,39,46)(H,42,43)(H,44,45)(H,52,53)/t19-,20-,21-,22-,23-,26-,27-/m0/s1. The van der Waals surface area contributed by atoms with Gasteiger partial charge in [-0.25, -0.2) is 4.79 Å². The van der Waals surface area contributed by atoms with E-state index in [-0.39, 0.29) is 38.3 Å². The second kappa shape index (κ2) is 19.9. The summed E-state index contributed by atoms with van der Waals surface area (Å²) in [4.78, 5) is 117. The average molecular weight is 754 g/mol. The minimum Gasteiger partial charge on any atom is -0.481 e. The van der Waals surface area contributed by atoms with Crippen molar-refractivity contribution in [1.82, 2.24) is 31.1 Å². The van der Waals surface area contributed by atoms with E-state index in [0.717, 1.165) is 0 Å². The van der Waals surface area contributed by atoms with Gasteiger partial charge in [0.15, 0.2) is 0 Å². The van der Waals surface area contributed by atoms with E-state index in [1.807, 2.05) is 13.8 Å². The lowest BCUT2D eigenvalue weighted by molar-refractivity contribution is -0.148. The third-order valence-corrected chi connectivity index (χ3v) is 9.20. The number of amides is 6. The van der Waals surface area contributed by atoms with Crippen molar-refractivity contribution in [3.8, 4) is 0 Å². The van der Waals surface area contributed by atoms with Crippen molar-refractivity contribution >= 4 is 53.4 Å².